The molecule has 0 aromatic carbocycles. The van der Waals surface area contributed by atoms with Crippen molar-refractivity contribution in [1.29, 1.82) is 0 Å². The lowest BCUT2D eigenvalue weighted by Crippen LogP contribution is -2.42. The average molecular weight is 302 g/mol. The molecule has 1 saturated heterocycles. The summed E-state index contributed by atoms with van der Waals surface area (Å²) in [5, 5.41) is 14.0. The molecule has 7 nitrogen and oxygen atoms in total. The molecule has 0 radical (unpaired) electrons. The van der Waals surface area contributed by atoms with Gasteiger partial charge in [-0.25, -0.2) is 4.98 Å². The number of hydrogen-bond donors (Lipinski definition) is 1. The topological polar surface area (TPSA) is 80.5 Å². The zero-order valence-corrected chi connectivity index (χ0v) is 12.6. The molecule has 22 heavy (non-hydrogen) atoms. The van der Waals surface area contributed by atoms with E-state index in [-0.39, 0.29) is 23.5 Å². The van der Waals surface area contributed by atoms with Crippen LogP contribution in [0.2, 0.25) is 0 Å². The van der Waals surface area contributed by atoms with Crippen LogP contribution in [0.5, 0.6) is 5.75 Å². The number of morpholine rings is 1. The Balaban J connectivity index is 1.78. The molecule has 3 rings (SSSR count). The Morgan fingerprint density at radius 2 is 2.27 bits per heavy atom. The van der Waals surface area contributed by atoms with Gasteiger partial charge in [-0.2, -0.15) is 5.10 Å². The molecule has 1 unspecified atom stereocenters. The third-order valence-corrected chi connectivity index (χ3v) is 3.66. The van der Waals surface area contributed by atoms with Crippen molar-refractivity contribution in [2.45, 2.75) is 13.0 Å². The SMILES string of the molecule is Cc1cnc(C(=O)N2CCOC(c3cnn(C)c3)C2)c(O)c1. The van der Waals surface area contributed by atoms with Crippen LogP contribution in [-0.2, 0) is 11.8 Å². The molecule has 0 spiro atoms. The van der Waals surface area contributed by atoms with E-state index in [1.165, 1.54) is 0 Å². The van der Waals surface area contributed by atoms with Crippen LogP contribution in [0.3, 0.4) is 0 Å². The van der Waals surface area contributed by atoms with E-state index in [9.17, 15) is 9.90 Å². The summed E-state index contributed by atoms with van der Waals surface area (Å²) in [6.07, 6.45) is 4.98. The Bertz CT molecular complexity index is 698. The highest BCUT2D eigenvalue weighted by Crippen LogP contribution is 2.24. The van der Waals surface area contributed by atoms with Crippen molar-refractivity contribution in [3.05, 3.63) is 41.5 Å². The summed E-state index contributed by atoms with van der Waals surface area (Å²) in [6.45, 7) is 3.15. The largest absolute Gasteiger partial charge is 0.505 e. The number of carbonyl (C=O) groups excluding carboxylic acids is 1. The van der Waals surface area contributed by atoms with E-state index >= 15 is 0 Å². The van der Waals surface area contributed by atoms with Gasteiger partial charge in [-0.3, -0.25) is 9.48 Å². The van der Waals surface area contributed by atoms with Crippen LogP contribution in [0, 0.1) is 6.92 Å². The number of amides is 1. The first-order valence-electron chi connectivity index (χ1n) is 7.09. The van der Waals surface area contributed by atoms with Crippen LogP contribution in [0.15, 0.2) is 24.7 Å². The van der Waals surface area contributed by atoms with Crippen molar-refractivity contribution in [1.82, 2.24) is 19.7 Å². The fourth-order valence-corrected chi connectivity index (χ4v) is 2.51. The molecule has 1 atom stereocenters. The molecule has 0 bridgehead atoms. The maximum absolute atomic E-state index is 12.5. The van der Waals surface area contributed by atoms with Crippen LogP contribution in [0.1, 0.15) is 27.7 Å². The highest BCUT2D eigenvalue weighted by Gasteiger charge is 2.28. The monoisotopic (exact) mass is 302 g/mol. The van der Waals surface area contributed by atoms with Gasteiger partial charge in [0, 0.05) is 31.5 Å². The summed E-state index contributed by atoms with van der Waals surface area (Å²) in [6, 6.07) is 1.54. The summed E-state index contributed by atoms with van der Waals surface area (Å²) < 4.78 is 7.41. The van der Waals surface area contributed by atoms with E-state index in [2.05, 4.69) is 10.1 Å². The van der Waals surface area contributed by atoms with E-state index < -0.39 is 0 Å². The number of carbonyl (C=O) groups is 1. The van der Waals surface area contributed by atoms with Gasteiger partial charge in [0.15, 0.2) is 5.69 Å². The second-order valence-corrected chi connectivity index (χ2v) is 5.44. The Morgan fingerprint density at radius 3 is 2.95 bits per heavy atom. The molecule has 0 saturated carbocycles. The summed E-state index contributed by atoms with van der Waals surface area (Å²) in [7, 11) is 1.84. The molecule has 1 N–H and O–H groups in total. The lowest BCUT2D eigenvalue weighted by atomic mass is 10.1. The van der Waals surface area contributed by atoms with Crippen molar-refractivity contribution >= 4 is 5.91 Å². The van der Waals surface area contributed by atoms with Crippen molar-refractivity contribution in [2.24, 2.45) is 7.05 Å². The minimum absolute atomic E-state index is 0.0810. The van der Waals surface area contributed by atoms with Gasteiger partial charge in [0.2, 0.25) is 0 Å². The number of aryl methyl sites for hydroxylation is 2. The molecule has 0 aliphatic carbocycles. The maximum Gasteiger partial charge on any atom is 0.276 e. The number of pyridine rings is 1. The summed E-state index contributed by atoms with van der Waals surface area (Å²) >= 11 is 0. The van der Waals surface area contributed by atoms with Gasteiger partial charge in [-0.15, -0.1) is 0 Å². The van der Waals surface area contributed by atoms with Crippen LogP contribution >= 0.6 is 0 Å². The van der Waals surface area contributed by atoms with Gasteiger partial charge in [0.05, 0.1) is 19.3 Å². The second-order valence-electron chi connectivity index (χ2n) is 5.44. The number of aromatic hydroxyl groups is 1. The lowest BCUT2D eigenvalue weighted by Gasteiger charge is -2.32. The number of ether oxygens (including phenoxy) is 1. The standard InChI is InChI=1S/C15H18N4O3/c1-10-5-12(20)14(16-6-10)15(21)19-3-4-22-13(9-19)11-7-17-18(2)8-11/h5-8,13,20H,3-4,9H2,1-2H3. The Kier molecular flexibility index (Phi) is 3.81. The van der Waals surface area contributed by atoms with E-state index in [0.29, 0.717) is 19.7 Å². The zero-order chi connectivity index (χ0) is 15.7. The number of nitrogens with zero attached hydrogens (tertiary/aromatic N) is 4. The van der Waals surface area contributed by atoms with Gasteiger partial charge in [0.25, 0.3) is 5.91 Å². The fourth-order valence-electron chi connectivity index (χ4n) is 2.51. The first-order valence-corrected chi connectivity index (χ1v) is 7.09. The minimum Gasteiger partial charge on any atom is -0.505 e. The van der Waals surface area contributed by atoms with Crippen LogP contribution in [-0.4, -0.2) is 50.4 Å². The van der Waals surface area contributed by atoms with Gasteiger partial charge < -0.3 is 14.7 Å². The normalized spacial score (nSPS) is 18.5. The molecule has 7 heteroatoms. The van der Waals surface area contributed by atoms with Crippen LogP contribution < -0.4 is 0 Å². The number of rotatable bonds is 2. The zero-order valence-electron chi connectivity index (χ0n) is 12.6. The van der Waals surface area contributed by atoms with Crippen molar-refractivity contribution < 1.29 is 14.6 Å². The lowest BCUT2D eigenvalue weighted by molar-refractivity contribution is -0.0231. The van der Waals surface area contributed by atoms with E-state index in [1.54, 1.807) is 28.0 Å². The summed E-state index contributed by atoms with van der Waals surface area (Å²) in [5.74, 6) is -0.371. The van der Waals surface area contributed by atoms with Gasteiger partial charge >= 0.3 is 0 Å². The molecule has 1 amide bonds. The third-order valence-electron chi connectivity index (χ3n) is 3.66. The molecular formula is C15H18N4O3. The third kappa shape index (κ3) is 2.80. The molecule has 1 fully saturated rings. The quantitative estimate of drug-likeness (QED) is 0.896. The Morgan fingerprint density at radius 1 is 1.45 bits per heavy atom. The predicted molar refractivity (Wildman–Crippen MR) is 78.4 cm³/mol. The first-order chi connectivity index (χ1) is 10.5. The smallest absolute Gasteiger partial charge is 0.276 e. The van der Waals surface area contributed by atoms with Gasteiger partial charge in [0.1, 0.15) is 11.9 Å². The highest BCUT2D eigenvalue weighted by molar-refractivity contribution is 5.95. The first kappa shape index (κ1) is 14.5. The van der Waals surface area contributed by atoms with Gasteiger partial charge in [-0.05, 0) is 18.6 Å². The summed E-state index contributed by atoms with van der Waals surface area (Å²) in [4.78, 5) is 18.2. The Hall–Kier alpha value is -2.41. The number of hydrogen-bond acceptors (Lipinski definition) is 5. The minimum atomic E-state index is -0.283. The molecule has 2 aromatic rings. The molecule has 1 aliphatic heterocycles. The Labute approximate surface area is 128 Å². The second kappa shape index (κ2) is 5.76. The van der Waals surface area contributed by atoms with E-state index in [0.717, 1.165) is 11.1 Å². The molecular weight excluding hydrogens is 284 g/mol. The average Bonchev–Trinajstić information content (AvgIpc) is 2.93. The molecule has 3 heterocycles. The molecule has 116 valence electrons. The van der Waals surface area contributed by atoms with Crippen molar-refractivity contribution in [2.75, 3.05) is 19.7 Å². The molecule has 1 aliphatic rings. The van der Waals surface area contributed by atoms with E-state index in [4.69, 9.17) is 4.74 Å². The maximum atomic E-state index is 12.5. The summed E-state index contributed by atoms with van der Waals surface area (Å²) in [5.41, 5.74) is 1.82. The van der Waals surface area contributed by atoms with Gasteiger partial charge in [-0.1, -0.05) is 0 Å². The predicted octanol–water partition coefficient (Wildman–Crippen LogP) is 1.04. The fraction of sp³-hybridized carbons (Fsp3) is 0.400. The number of aromatic nitrogens is 3. The molecule has 2 aromatic heterocycles. The van der Waals surface area contributed by atoms with Crippen molar-refractivity contribution in [3.8, 4) is 5.75 Å². The van der Waals surface area contributed by atoms with Crippen molar-refractivity contribution in [3.63, 3.8) is 0 Å². The van der Waals surface area contributed by atoms with E-state index in [1.807, 2.05) is 20.2 Å². The highest BCUT2D eigenvalue weighted by atomic mass is 16.5. The van der Waals surface area contributed by atoms with Crippen LogP contribution in [0.25, 0.3) is 0 Å². The van der Waals surface area contributed by atoms with Crippen LogP contribution in [0.4, 0.5) is 0 Å².